The normalized spacial score (nSPS) is 13.6. The van der Waals surface area contributed by atoms with E-state index in [-0.39, 0.29) is 0 Å². The van der Waals surface area contributed by atoms with Gasteiger partial charge in [0.2, 0.25) is 0 Å². The molecule has 0 atom stereocenters. The van der Waals surface area contributed by atoms with E-state index in [1.54, 1.807) is 7.11 Å². The molecule has 1 aromatic carbocycles. The van der Waals surface area contributed by atoms with Gasteiger partial charge in [0.05, 0.1) is 12.8 Å². The molecule has 2 heterocycles. The second kappa shape index (κ2) is 5.25. The van der Waals surface area contributed by atoms with Gasteiger partial charge in [-0.2, -0.15) is 0 Å². The molecule has 0 saturated heterocycles. The minimum Gasteiger partial charge on any atom is -0.497 e. The average Bonchev–Trinajstić information content (AvgIpc) is 2.81. The van der Waals surface area contributed by atoms with Crippen molar-refractivity contribution >= 4 is 33.7 Å². The number of hydrogen-bond acceptors (Lipinski definition) is 3. The van der Waals surface area contributed by atoms with Crippen molar-refractivity contribution in [2.45, 2.75) is 26.2 Å². The van der Waals surface area contributed by atoms with Crippen molar-refractivity contribution in [1.82, 2.24) is 4.98 Å². The maximum absolute atomic E-state index is 6.49. The lowest BCUT2D eigenvalue weighted by Crippen LogP contribution is -1.95. The van der Waals surface area contributed by atoms with Gasteiger partial charge in [-0.05, 0) is 55.3 Å². The summed E-state index contributed by atoms with van der Waals surface area (Å²) in [7, 11) is 1.67. The second-order valence-electron chi connectivity index (χ2n) is 5.69. The molecule has 0 aliphatic heterocycles. The van der Waals surface area contributed by atoms with E-state index in [4.69, 9.17) is 21.3 Å². The summed E-state index contributed by atoms with van der Waals surface area (Å²) in [6.45, 7) is 2.16. The molecule has 2 nitrogen and oxygen atoms in total. The van der Waals surface area contributed by atoms with E-state index in [2.05, 4.69) is 19.1 Å². The van der Waals surface area contributed by atoms with E-state index < -0.39 is 0 Å². The quantitative estimate of drug-likeness (QED) is 0.556. The van der Waals surface area contributed by atoms with E-state index in [1.807, 2.05) is 23.5 Å². The maximum Gasteiger partial charge on any atom is 0.137 e. The average molecular weight is 330 g/mol. The lowest BCUT2D eigenvalue weighted by Gasteiger charge is -2.12. The Morgan fingerprint density at radius 3 is 2.86 bits per heavy atom. The molecule has 0 radical (unpaired) electrons. The minimum absolute atomic E-state index is 0.560. The Hall–Kier alpha value is -1.58. The number of halogens is 1. The molecule has 4 heteroatoms. The van der Waals surface area contributed by atoms with Crippen molar-refractivity contribution in [3.05, 3.63) is 44.7 Å². The lowest BCUT2D eigenvalue weighted by atomic mass is 9.99. The van der Waals surface area contributed by atoms with Crippen LogP contribution in [0.2, 0.25) is 5.15 Å². The summed E-state index contributed by atoms with van der Waals surface area (Å²) in [5, 5.41) is 2.74. The van der Waals surface area contributed by atoms with Crippen molar-refractivity contribution < 1.29 is 4.74 Å². The standard InChI is InChI=1S/C18H16ClNOS/c1-10-8-15-16(22-10)5-3-4-13-12-7-6-11(21-2)9-14(12)18(19)20-17(13)15/h6-9H,3-5H2,1-2H3. The largest absolute Gasteiger partial charge is 0.497 e. The fourth-order valence-electron chi connectivity index (χ4n) is 3.29. The number of benzene rings is 1. The summed E-state index contributed by atoms with van der Waals surface area (Å²) >= 11 is 8.37. The highest BCUT2D eigenvalue weighted by Crippen LogP contribution is 2.41. The Morgan fingerprint density at radius 1 is 1.18 bits per heavy atom. The maximum atomic E-state index is 6.49. The second-order valence-corrected chi connectivity index (χ2v) is 7.39. The van der Waals surface area contributed by atoms with Crippen LogP contribution in [-0.4, -0.2) is 12.1 Å². The number of methoxy groups -OCH3 is 1. The first-order valence-electron chi connectivity index (χ1n) is 7.43. The van der Waals surface area contributed by atoms with Crippen LogP contribution in [0.15, 0.2) is 24.3 Å². The lowest BCUT2D eigenvalue weighted by molar-refractivity contribution is 0.415. The number of ether oxygens (including phenoxy) is 1. The van der Waals surface area contributed by atoms with Crippen molar-refractivity contribution in [3.63, 3.8) is 0 Å². The van der Waals surface area contributed by atoms with Gasteiger partial charge in [0.1, 0.15) is 10.9 Å². The monoisotopic (exact) mass is 329 g/mol. The molecule has 0 saturated carbocycles. The van der Waals surface area contributed by atoms with Crippen LogP contribution < -0.4 is 4.74 Å². The third-order valence-electron chi connectivity index (χ3n) is 4.29. The fourth-order valence-corrected chi connectivity index (χ4v) is 4.61. The third kappa shape index (κ3) is 2.11. The van der Waals surface area contributed by atoms with Crippen LogP contribution in [0.3, 0.4) is 0 Å². The first kappa shape index (κ1) is 14.0. The zero-order chi connectivity index (χ0) is 15.3. The van der Waals surface area contributed by atoms with Crippen molar-refractivity contribution in [1.29, 1.82) is 0 Å². The number of nitrogens with zero attached hydrogens (tertiary/aromatic N) is 1. The first-order valence-corrected chi connectivity index (χ1v) is 8.62. The van der Waals surface area contributed by atoms with Gasteiger partial charge in [0.25, 0.3) is 0 Å². The van der Waals surface area contributed by atoms with E-state index in [1.165, 1.54) is 26.3 Å². The summed E-state index contributed by atoms with van der Waals surface area (Å²) in [4.78, 5) is 7.52. The molecule has 0 bridgehead atoms. The molecule has 112 valence electrons. The zero-order valence-electron chi connectivity index (χ0n) is 12.6. The number of rotatable bonds is 1. The number of thiophene rings is 1. The predicted molar refractivity (Wildman–Crippen MR) is 93.4 cm³/mol. The summed E-state index contributed by atoms with van der Waals surface area (Å²) in [6.07, 6.45) is 3.33. The van der Waals surface area contributed by atoms with Gasteiger partial charge in [-0.15, -0.1) is 11.3 Å². The first-order chi connectivity index (χ1) is 10.7. The van der Waals surface area contributed by atoms with E-state index >= 15 is 0 Å². The molecule has 0 N–H and O–H groups in total. The van der Waals surface area contributed by atoms with Gasteiger partial charge in [-0.3, -0.25) is 0 Å². The number of aryl methyl sites for hydroxylation is 3. The molecule has 2 aromatic heterocycles. The number of hydrogen-bond donors (Lipinski definition) is 0. The fraction of sp³-hybridized carbons (Fsp3) is 0.278. The molecular weight excluding hydrogens is 314 g/mol. The Labute approximate surface area is 138 Å². The van der Waals surface area contributed by atoms with E-state index in [0.717, 1.165) is 36.1 Å². The van der Waals surface area contributed by atoms with Crippen LogP contribution >= 0.6 is 22.9 Å². The van der Waals surface area contributed by atoms with Crippen LogP contribution in [0.4, 0.5) is 0 Å². The molecule has 1 aliphatic carbocycles. The minimum atomic E-state index is 0.560. The summed E-state index contributed by atoms with van der Waals surface area (Å²) < 4.78 is 5.32. The molecule has 0 amide bonds. The van der Waals surface area contributed by atoms with Gasteiger partial charge in [0, 0.05) is 20.7 Å². The molecule has 22 heavy (non-hydrogen) atoms. The Morgan fingerprint density at radius 2 is 2.05 bits per heavy atom. The third-order valence-corrected chi connectivity index (χ3v) is 5.69. The van der Waals surface area contributed by atoms with Crippen LogP contribution in [0.1, 0.15) is 21.7 Å². The van der Waals surface area contributed by atoms with E-state index in [0.29, 0.717) is 5.15 Å². The van der Waals surface area contributed by atoms with Crippen LogP contribution in [-0.2, 0) is 12.8 Å². The summed E-state index contributed by atoms with van der Waals surface area (Å²) in [6, 6.07) is 8.35. The predicted octanol–water partition coefficient (Wildman–Crippen LogP) is 5.42. The van der Waals surface area contributed by atoms with Crippen LogP contribution in [0, 0.1) is 6.92 Å². The van der Waals surface area contributed by atoms with E-state index in [9.17, 15) is 0 Å². The highest BCUT2D eigenvalue weighted by Gasteiger charge is 2.21. The highest BCUT2D eigenvalue weighted by molar-refractivity contribution is 7.12. The molecule has 3 aromatic rings. The Bertz CT molecular complexity index is 884. The molecular formula is C18H16ClNOS. The molecule has 0 spiro atoms. The summed E-state index contributed by atoms with van der Waals surface area (Å²) in [5.74, 6) is 0.817. The number of fused-ring (bicyclic) bond motifs is 5. The number of pyridine rings is 1. The molecule has 0 fully saturated rings. The van der Waals surface area contributed by atoms with Crippen LogP contribution in [0.25, 0.3) is 22.0 Å². The van der Waals surface area contributed by atoms with Gasteiger partial charge in [0.15, 0.2) is 0 Å². The smallest absolute Gasteiger partial charge is 0.137 e. The van der Waals surface area contributed by atoms with Gasteiger partial charge >= 0.3 is 0 Å². The van der Waals surface area contributed by atoms with Crippen molar-refractivity contribution in [2.75, 3.05) is 7.11 Å². The topological polar surface area (TPSA) is 22.1 Å². The van der Waals surface area contributed by atoms with Gasteiger partial charge in [-0.1, -0.05) is 17.7 Å². The summed E-state index contributed by atoms with van der Waals surface area (Å²) in [5.41, 5.74) is 3.66. The Balaban J connectivity index is 2.06. The SMILES string of the molecule is COc1ccc2c3c(nc(Cl)c2c1)-c1cc(C)sc1CCC3. The molecule has 0 unspecified atom stereocenters. The van der Waals surface area contributed by atoms with Gasteiger partial charge < -0.3 is 4.74 Å². The van der Waals surface area contributed by atoms with Crippen molar-refractivity contribution in [3.8, 4) is 17.0 Å². The molecule has 1 aliphatic rings. The highest BCUT2D eigenvalue weighted by atomic mass is 35.5. The zero-order valence-corrected chi connectivity index (χ0v) is 14.1. The van der Waals surface area contributed by atoms with Crippen molar-refractivity contribution in [2.24, 2.45) is 0 Å². The van der Waals surface area contributed by atoms with Gasteiger partial charge in [-0.25, -0.2) is 4.98 Å². The van der Waals surface area contributed by atoms with Crippen LogP contribution in [0.5, 0.6) is 5.75 Å². The Kier molecular flexibility index (Phi) is 3.35. The number of aromatic nitrogens is 1. The molecule has 4 rings (SSSR count).